The Morgan fingerprint density at radius 2 is 1.89 bits per heavy atom. The smallest absolute Gasteiger partial charge is 0.270 e. The topological polar surface area (TPSA) is 110 Å². The van der Waals surface area contributed by atoms with E-state index >= 15 is 0 Å². The van der Waals surface area contributed by atoms with Crippen LogP contribution in [0.2, 0.25) is 0 Å². The molecular weight excluding hydrogens is 390 g/mol. The van der Waals surface area contributed by atoms with E-state index in [0.717, 1.165) is 22.1 Å². The molecule has 2 aromatic heterocycles. The first-order valence-corrected chi connectivity index (χ1v) is 10.5. The van der Waals surface area contributed by atoms with E-state index in [2.05, 4.69) is 9.97 Å². The highest BCUT2D eigenvalue weighted by Gasteiger charge is 2.30. The Kier molecular flexibility index (Phi) is 4.50. The Balaban J connectivity index is 1.54. The number of sulfonamides is 1. The minimum atomic E-state index is -3.78. The fourth-order valence-electron chi connectivity index (χ4n) is 3.05. The third-order valence-electron chi connectivity index (χ3n) is 4.43. The molecule has 3 aromatic rings. The van der Waals surface area contributed by atoms with Gasteiger partial charge in [0.15, 0.2) is 0 Å². The fraction of sp³-hybridized carbons (Fsp3) is 0.250. The van der Waals surface area contributed by atoms with Gasteiger partial charge in [0, 0.05) is 38.3 Å². The Labute approximate surface area is 159 Å². The van der Waals surface area contributed by atoms with Crippen molar-refractivity contribution in [3.05, 3.63) is 52.2 Å². The summed E-state index contributed by atoms with van der Waals surface area (Å²) in [6.07, 6.45) is 1.51. The number of hydrogen-bond donors (Lipinski definition) is 0. The van der Waals surface area contributed by atoms with Crippen LogP contribution in [-0.4, -0.2) is 53.8 Å². The van der Waals surface area contributed by atoms with Crippen LogP contribution in [0.15, 0.2) is 46.9 Å². The van der Waals surface area contributed by atoms with Crippen LogP contribution in [0.25, 0.3) is 10.2 Å². The summed E-state index contributed by atoms with van der Waals surface area (Å²) < 4.78 is 28.0. The summed E-state index contributed by atoms with van der Waals surface area (Å²) in [5.74, 6) is 0.808. The molecule has 0 amide bonds. The monoisotopic (exact) mass is 405 g/mol. The van der Waals surface area contributed by atoms with E-state index in [1.54, 1.807) is 11.3 Å². The first kappa shape index (κ1) is 17.8. The average Bonchev–Trinajstić information content (AvgIpc) is 3.17. The van der Waals surface area contributed by atoms with Crippen LogP contribution in [0.4, 0.5) is 11.5 Å². The van der Waals surface area contributed by atoms with Crippen molar-refractivity contribution in [3.8, 4) is 0 Å². The quantitative estimate of drug-likeness (QED) is 0.483. The second-order valence-corrected chi connectivity index (χ2v) is 8.83. The van der Waals surface area contributed by atoms with Crippen LogP contribution in [0.3, 0.4) is 0 Å². The van der Waals surface area contributed by atoms with Gasteiger partial charge >= 0.3 is 0 Å². The van der Waals surface area contributed by atoms with Crippen LogP contribution in [0.5, 0.6) is 0 Å². The summed E-state index contributed by atoms with van der Waals surface area (Å²) in [6.45, 7) is 1.53. The second-order valence-electron chi connectivity index (χ2n) is 5.98. The van der Waals surface area contributed by atoms with Crippen molar-refractivity contribution < 1.29 is 13.3 Å². The number of non-ortho nitro benzene ring substituents is 1. The number of aromatic nitrogens is 2. The molecule has 27 heavy (non-hydrogen) atoms. The number of rotatable bonds is 4. The van der Waals surface area contributed by atoms with E-state index < -0.39 is 14.9 Å². The Hall–Kier alpha value is -2.63. The zero-order chi connectivity index (χ0) is 19.0. The molecule has 0 N–H and O–H groups in total. The van der Waals surface area contributed by atoms with Crippen LogP contribution >= 0.6 is 11.3 Å². The summed E-state index contributed by atoms with van der Waals surface area (Å²) in [4.78, 5) is 20.9. The molecule has 0 aliphatic carbocycles. The van der Waals surface area contributed by atoms with E-state index in [4.69, 9.17) is 0 Å². The first-order valence-electron chi connectivity index (χ1n) is 8.14. The van der Waals surface area contributed by atoms with Crippen molar-refractivity contribution in [3.63, 3.8) is 0 Å². The number of benzene rings is 1. The molecule has 1 aromatic carbocycles. The highest BCUT2D eigenvalue weighted by molar-refractivity contribution is 7.89. The molecule has 1 aliphatic heterocycles. The molecule has 0 radical (unpaired) electrons. The predicted molar refractivity (Wildman–Crippen MR) is 101 cm³/mol. The van der Waals surface area contributed by atoms with Crippen molar-refractivity contribution in [2.24, 2.45) is 0 Å². The number of thiophene rings is 1. The zero-order valence-electron chi connectivity index (χ0n) is 14.1. The average molecular weight is 405 g/mol. The molecule has 1 aliphatic rings. The van der Waals surface area contributed by atoms with E-state index in [1.807, 2.05) is 16.3 Å². The number of nitrogens with zero attached hydrogens (tertiary/aromatic N) is 5. The van der Waals surface area contributed by atoms with E-state index in [0.29, 0.717) is 13.1 Å². The lowest BCUT2D eigenvalue weighted by Gasteiger charge is -2.34. The molecule has 0 spiro atoms. The summed E-state index contributed by atoms with van der Waals surface area (Å²) in [5.41, 5.74) is 0.632. The van der Waals surface area contributed by atoms with Crippen LogP contribution in [0.1, 0.15) is 0 Å². The van der Waals surface area contributed by atoms with Crippen molar-refractivity contribution in [2.45, 2.75) is 4.90 Å². The standard InChI is InChI=1S/C16H15N5O4S2/c22-21(23)12-2-1-3-13(10-12)27(24,25)20-7-5-19(6-8-20)16-15-14(4-9-26-15)17-11-18-16/h1-4,9-11H,5-8H2. The van der Waals surface area contributed by atoms with Crippen molar-refractivity contribution in [2.75, 3.05) is 31.1 Å². The van der Waals surface area contributed by atoms with Gasteiger partial charge in [-0.2, -0.15) is 4.31 Å². The lowest BCUT2D eigenvalue weighted by molar-refractivity contribution is -0.385. The first-order chi connectivity index (χ1) is 13.0. The molecule has 1 fully saturated rings. The summed E-state index contributed by atoms with van der Waals surface area (Å²) >= 11 is 1.55. The molecule has 0 atom stereocenters. The number of fused-ring (bicyclic) bond motifs is 1. The minimum absolute atomic E-state index is 0.0622. The largest absolute Gasteiger partial charge is 0.353 e. The van der Waals surface area contributed by atoms with Crippen LogP contribution in [0, 0.1) is 10.1 Å². The highest BCUT2D eigenvalue weighted by atomic mass is 32.2. The molecule has 0 saturated carbocycles. The Morgan fingerprint density at radius 1 is 1.11 bits per heavy atom. The van der Waals surface area contributed by atoms with Crippen LogP contribution in [-0.2, 0) is 10.0 Å². The predicted octanol–water partition coefficient (Wildman–Crippen LogP) is 2.11. The van der Waals surface area contributed by atoms with Crippen molar-refractivity contribution in [1.29, 1.82) is 0 Å². The SMILES string of the molecule is O=[N+]([O-])c1cccc(S(=O)(=O)N2CCN(c3ncnc4ccsc34)CC2)c1. The molecule has 4 rings (SSSR count). The molecule has 9 nitrogen and oxygen atoms in total. The van der Waals surface area contributed by atoms with Gasteiger partial charge in [0.05, 0.1) is 20.0 Å². The third kappa shape index (κ3) is 3.24. The molecule has 0 bridgehead atoms. The van der Waals surface area contributed by atoms with Crippen LogP contribution < -0.4 is 4.90 Å². The molecular formula is C16H15N5O4S2. The lowest BCUT2D eigenvalue weighted by atomic mass is 10.3. The number of nitro benzene ring substituents is 1. The maximum atomic E-state index is 12.8. The summed E-state index contributed by atoms with van der Waals surface area (Å²) in [5, 5.41) is 12.9. The second kappa shape index (κ2) is 6.83. The molecule has 0 unspecified atom stereocenters. The van der Waals surface area contributed by atoms with Gasteiger partial charge in [-0.1, -0.05) is 6.07 Å². The van der Waals surface area contributed by atoms with Crippen molar-refractivity contribution in [1.82, 2.24) is 14.3 Å². The van der Waals surface area contributed by atoms with Gasteiger partial charge in [-0.25, -0.2) is 18.4 Å². The van der Waals surface area contributed by atoms with Gasteiger partial charge in [-0.15, -0.1) is 11.3 Å². The van der Waals surface area contributed by atoms with Crippen molar-refractivity contribution >= 4 is 43.1 Å². The normalized spacial score (nSPS) is 15.9. The highest BCUT2D eigenvalue weighted by Crippen LogP contribution is 2.29. The number of piperazine rings is 1. The van der Waals surface area contributed by atoms with E-state index in [-0.39, 0.29) is 23.7 Å². The van der Waals surface area contributed by atoms with Gasteiger partial charge in [0.1, 0.15) is 12.1 Å². The maximum Gasteiger partial charge on any atom is 0.270 e. The van der Waals surface area contributed by atoms with Gasteiger partial charge in [-0.05, 0) is 17.5 Å². The van der Waals surface area contributed by atoms with Gasteiger partial charge in [0.25, 0.3) is 5.69 Å². The summed E-state index contributed by atoms with van der Waals surface area (Å²) in [7, 11) is -3.78. The van der Waals surface area contributed by atoms with Gasteiger partial charge in [-0.3, -0.25) is 10.1 Å². The van der Waals surface area contributed by atoms with E-state index in [1.165, 1.54) is 28.8 Å². The zero-order valence-corrected chi connectivity index (χ0v) is 15.7. The molecule has 11 heteroatoms. The molecule has 140 valence electrons. The van der Waals surface area contributed by atoms with Gasteiger partial charge in [0.2, 0.25) is 10.0 Å². The van der Waals surface area contributed by atoms with Gasteiger partial charge < -0.3 is 4.90 Å². The molecule has 3 heterocycles. The third-order valence-corrected chi connectivity index (χ3v) is 7.22. The maximum absolute atomic E-state index is 12.8. The van der Waals surface area contributed by atoms with E-state index in [9.17, 15) is 18.5 Å². The lowest BCUT2D eigenvalue weighted by Crippen LogP contribution is -2.48. The number of hydrogen-bond acceptors (Lipinski definition) is 8. The number of anilines is 1. The fourth-order valence-corrected chi connectivity index (χ4v) is 5.37. The Bertz CT molecular complexity index is 1110. The Morgan fingerprint density at radius 3 is 2.63 bits per heavy atom. The molecule has 1 saturated heterocycles. The number of nitro groups is 1. The minimum Gasteiger partial charge on any atom is -0.353 e. The summed E-state index contributed by atoms with van der Waals surface area (Å²) in [6, 6.07) is 7.07.